The van der Waals surface area contributed by atoms with Crippen molar-refractivity contribution in [2.24, 2.45) is 0 Å². The van der Waals surface area contributed by atoms with Crippen molar-refractivity contribution in [1.29, 1.82) is 0 Å². The fourth-order valence-electron chi connectivity index (χ4n) is 2.91. The Kier molecular flexibility index (Phi) is 5.40. The summed E-state index contributed by atoms with van der Waals surface area (Å²) in [6.07, 6.45) is 4.74. The highest BCUT2D eigenvalue weighted by Gasteiger charge is 2.35. The summed E-state index contributed by atoms with van der Waals surface area (Å²) >= 11 is 0. The van der Waals surface area contributed by atoms with Crippen molar-refractivity contribution in [2.45, 2.75) is 43.7 Å². The third kappa shape index (κ3) is 3.72. The molecule has 0 radical (unpaired) electrons. The summed E-state index contributed by atoms with van der Waals surface area (Å²) in [6, 6.07) is 7.90. The highest BCUT2D eigenvalue weighted by molar-refractivity contribution is 5.27. The van der Waals surface area contributed by atoms with Gasteiger partial charge < -0.3 is 20.3 Å². The molecule has 1 aromatic carbocycles. The monoisotopic (exact) mass is 279 g/mol. The fourth-order valence-corrected chi connectivity index (χ4v) is 2.91. The highest BCUT2D eigenvalue weighted by Crippen LogP contribution is 2.30. The SMILES string of the molecule is CNC1(CO)CCCC(Oc2ccc(CCO)cc2)C1. The third-order valence-electron chi connectivity index (χ3n) is 4.26. The number of likely N-dealkylation sites (N-methyl/N-ethyl adjacent to an activating group) is 1. The second kappa shape index (κ2) is 7.07. The van der Waals surface area contributed by atoms with Crippen LogP contribution in [0.3, 0.4) is 0 Å². The average Bonchev–Trinajstić information content (AvgIpc) is 2.50. The minimum absolute atomic E-state index is 0.145. The van der Waals surface area contributed by atoms with E-state index in [9.17, 15) is 5.11 Å². The van der Waals surface area contributed by atoms with Crippen LogP contribution in [0.5, 0.6) is 5.75 Å². The molecular weight excluding hydrogens is 254 g/mol. The Morgan fingerprint density at radius 1 is 1.30 bits per heavy atom. The molecule has 1 fully saturated rings. The van der Waals surface area contributed by atoms with Crippen LogP contribution in [0.4, 0.5) is 0 Å². The first-order valence-corrected chi connectivity index (χ1v) is 7.37. The van der Waals surface area contributed by atoms with Crippen LogP contribution >= 0.6 is 0 Å². The molecule has 20 heavy (non-hydrogen) atoms. The zero-order valence-corrected chi connectivity index (χ0v) is 12.1. The van der Waals surface area contributed by atoms with Crippen LogP contribution in [0.15, 0.2) is 24.3 Å². The minimum atomic E-state index is -0.195. The van der Waals surface area contributed by atoms with E-state index in [-0.39, 0.29) is 24.9 Å². The van der Waals surface area contributed by atoms with Crippen molar-refractivity contribution >= 4 is 0 Å². The lowest BCUT2D eigenvalue weighted by atomic mass is 9.81. The molecule has 0 bridgehead atoms. The molecule has 112 valence electrons. The summed E-state index contributed by atoms with van der Waals surface area (Å²) in [4.78, 5) is 0. The molecule has 2 unspecified atom stereocenters. The molecule has 2 atom stereocenters. The molecule has 0 aliphatic heterocycles. The Bertz CT molecular complexity index is 401. The summed E-state index contributed by atoms with van der Waals surface area (Å²) in [6.45, 7) is 0.322. The molecule has 1 aromatic rings. The molecule has 1 aliphatic rings. The lowest BCUT2D eigenvalue weighted by Gasteiger charge is -2.39. The molecule has 1 saturated carbocycles. The Balaban J connectivity index is 1.95. The normalized spacial score (nSPS) is 26.4. The molecule has 0 amide bonds. The largest absolute Gasteiger partial charge is 0.490 e. The molecule has 0 spiro atoms. The molecule has 4 nitrogen and oxygen atoms in total. The van der Waals surface area contributed by atoms with Crippen molar-refractivity contribution in [3.8, 4) is 5.75 Å². The van der Waals surface area contributed by atoms with Crippen LogP contribution in [0.1, 0.15) is 31.2 Å². The molecule has 3 N–H and O–H groups in total. The Morgan fingerprint density at radius 3 is 2.65 bits per heavy atom. The van der Waals surface area contributed by atoms with Crippen LogP contribution in [0.25, 0.3) is 0 Å². The van der Waals surface area contributed by atoms with Gasteiger partial charge in [0.05, 0.1) is 6.61 Å². The zero-order valence-electron chi connectivity index (χ0n) is 12.1. The number of benzene rings is 1. The molecule has 1 aliphatic carbocycles. The Labute approximate surface area is 120 Å². The topological polar surface area (TPSA) is 61.7 Å². The summed E-state index contributed by atoms with van der Waals surface area (Å²) in [5.41, 5.74) is 0.920. The van der Waals surface area contributed by atoms with E-state index in [4.69, 9.17) is 9.84 Å². The maximum Gasteiger partial charge on any atom is 0.119 e. The van der Waals surface area contributed by atoms with Crippen LogP contribution in [-0.4, -0.2) is 42.1 Å². The number of hydrogen-bond acceptors (Lipinski definition) is 4. The first kappa shape index (κ1) is 15.3. The van der Waals surface area contributed by atoms with E-state index in [0.717, 1.165) is 37.0 Å². The van der Waals surface area contributed by atoms with Gasteiger partial charge in [0.2, 0.25) is 0 Å². The van der Waals surface area contributed by atoms with E-state index < -0.39 is 0 Å². The third-order valence-corrected chi connectivity index (χ3v) is 4.26. The summed E-state index contributed by atoms with van der Waals surface area (Å²) in [5, 5.41) is 21.7. The van der Waals surface area contributed by atoms with E-state index in [0.29, 0.717) is 6.42 Å². The van der Waals surface area contributed by atoms with Gasteiger partial charge in [-0.05, 0) is 50.4 Å². The maximum absolute atomic E-state index is 9.58. The van der Waals surface area contributed by atoms with Crippen LogP contribution in [0.2, 0.25) is 0 Å². The lowest BCUT2D eigenvalue weighted by Crippen LogP contribution is -2.52. The number of nitrogens with one attached hydrogen (secondary N) is 1. The van der Waals surface area contributed by atoms with Crippen molar-refractivity contribution < 1.29 is 14.9 Å². The second-order valence-corrected chi connectivity index (χ2v) is 5.64. The van der Waals surface area contributed by atoms with Gasteiger partial charge in [-0.15, -0.1) is 0 Å². The molecule has 0 aromatic heterocycles. The molecular formula is C16H25NO3. The van der Waals surface area contributed by atoms with Gasteiger partial charge in [-0.3, -0.25) is 0 Å². The Morgan fingerprint density at radius 2 is 2.05 bits per heavy atom. The summed E-state index contributed by atoms with van der Waals surface area (Å²) in [5.74, 6) is 0.863. The van der Waals surface area contributed by atoms with Crippen LogP contribution in [0, 0.1) is 0 Å². The van der Waals surface area contributed by atoms with Gasteiger partial charge in [-0.2, -0.15) is 0 Å². The molecule has 4 heteroatoms. The quantitative estimate of drug-likeness (QED) is 0.738. The van der Waals surface area contributed by atoms with Gasteiger partial charge >= 0.3 is 0 Å². The summed E-state index contributed by atoms with van der Waals surface area (Å²) in [7, 11) is 1.91. The van der Waals surface area contributed by atoms with Gasteiger partial charge in [0, 0.05) is 18.6 Å². The van der Waals surface area contributed by atoms with Gasteiger partial charge in [0.1, 0.15) is 11.9 Å². The molecule has 0 saturated heterocycles. The van der Waals surface area contributed by atoms with Crippen molar-refractivity contribution in [3.63, 3.8) is 0 Å². The van der Waals surface area contributed by atoms with Gasteiger partial charge in [-0.25, -0.2) is 0 Å². The highest BCUT2D eigenvalue weighted by atomic mass is 16.5. The smallest absolute Gasteiger partial charge is 0.119 e. The van der Waals surface area contributed by atoms with Gasteiger partial charge in [-0.1, -0.05) is 12.1 Å². The van der Waals surface area contributed by atoms with Gasteiger partial charge in [0.25, 0.3) is 0 Å². The van der Waals surface area contributed by atoms with E-state index in [1.165, 1.54) is 0 Å². The second-order valence-electron chi connectivity index (χ2n) is 5.64. The number of rotatable bonds is 6. The zero-order chi connectivity index (χ0) is 14.4. The Hall–Kier alpha value is -1.10. The summed E-state index contributed by atoms with van der Waals surface area (Å²) < 4.78 is 6.03. The average molecular weight is 279 g/mol. The number of ether oxygens (including phenoxy) is 1. The fraction of sp³-hybridized carbons (Fsp3) is 0.625. The predicted molar refractivity (Wildman–Crippen MR) is 79.0 cm³/mol. The van der Waals surface area contributed by atoms with Crippen LogP contribution < -0.4 is 10.1 Å². The first-order valence-electron chi connectivity index (χ1n) is 7.37. The van der Waals surface area contributed by atoms with Gasteiger partial charge in [0.15, 0.2) is 0 Å². The lowest BCUT2D eigenvalue weighted by molar-refractivity contribution is 0.0554. The van der Waals surface area contributed by atoms with Crippen molar-refractivity contribution in [1.82, 2.24) is 5.32 Å². The number of aliphatic hydroxyl groups is 2. The standard InChI is InChI=1S/C16H25NO3/c1-17-16(12-19)9-2-3-15(11-16)20-14-6-4-13(5-7-14)8-10-18/h4-7,15,17-19H,2-3,8-12H2,1H3. The number of aliphatic hydroxyl groups excluding tert-OH is 2. The van der Waals surface area contributed by atoms with Crippen molar-refractivity contribution in [3.05, 3.63) is 29.8 Å². The van der Waals surface area contributed by atoms with E-state index in [1.807, 2.05) is 31.3 Å². The minimum Gasteiger partial charge on any atom is -0.490 e. The van der Waals surface area contributed by atoms with E-state index in [1.54, 1.807) is 0 Å². The molecule has 2 rings (SSSR count). The van der Waals surface area contributed by atoms with E-state index >= 15 is 0 Å². The molecule has 0 heterocycles. The first-order chi connectivity index (χ1) is 9.71. The van der Waals surface area contributed by atoms with Crippen LogP contribution in [-0.2, 0) is 6.42 Å². The number of hydrogen-bond donors (Lipinski definition) is 3. The van der Waals surface area contributed by atoms with E-state index in [2.05, 4.69) is 5.32 Å². The maximum atomic E-state index is 9.58. The van der Waals surface area contributed by atoms with Crippen molar-refractivity contribution in [2.75, 3.05) is 20.3 Å². The predicted octanol–water partition coefficient (Wildman–Crippen LogP) is 1.49.